The summed E-state index contributed by atoms with van der Waals surface area (Å²) >= 11 is 0. The Labute approximate surface area is 114 Å². The first-order chi connectivity index (χ1) is 9.08. The van der Waals surface area contributed by atoms with Gasteiger partial charge >= 0.3 is 0 Å². The van der Waals surface area contributed by atoms with E-state index in [1.54, 1.807) is 6.26 Å². The highest BCUT2D eigenvalue weighted by Gasteiger charge is 2.18. The molecule has 0 amide bonds. The Balaban J connectivity index is 1.96. The Bertz CT molecular complexity index is 488. The lowest BCUT2D eigenvalue weighted by Gasteiger charge is -2.24. The molecule has 0 saturated heterocycles. The van der Waals surface area contributed by atoms with Crippen LogP contribution in [0.2, 0.25) is 0 Å². The van der Waals surface area contributed by atoms with E-state index in [4.69, 9.17) is 8.83 Å². The van der Waals surface area contributed by atoms with E-state index in [0.717, 1.165) is 23.8 Å². The van der Waals surface area contributed by atoms with Crippen LogP contribution in [0.15, 0.2) is 39.4 Å². The third-order valence-electron chi connectivity index (χ3n) is 3.30. The molecule has 0 saturated carbocycles. The summed E-state index contributed by atoms with van der Waals surface area (Å²) in [5.74, 6) is 2.88. The zero-order chi connectivity index (χ0) is 13.8. The van der Waals surface area contributed by atoms with E-state index in [-0.39, 0.29) is 12.1 Å². The van der Waals surface area contributed by atoms with E-state index >= 15 is 0 Å². The van der Waals surface area contributed by atoms with Crippen molar-refractivity contribution >= 4 is 0 Å². The molecular formula is C15H22N2O2. The summed E-state index contributed by atoms with van der Waals surface area (Å²) in [6.45, 7) is 4.87. The second kappa shape index (κ2) is 6.08. The van der Waals surface area contributed by atoms with Crippen molar-refractivity contribution in [1.82, 2.24) is 10.2 Å². The van der Waals surface area contributed by atoms with Crippen LogP contribution in [0.25, 0.3) is 0 Å². The van der Waals surface area contributed by atoms with Crippen LogP contribution in [0.5, 0.6) is 0 Å². The summed E-state index contributed by atoms with van der Waals surface area (Å²) in [4.78, 5) is 2.14. The van der Waals surface area contributed by atoms with Gasteiger partial charge in [-0.25, -0.2) is 0 Å². The average molecular weight is 262 g/mol. The fraction of sp³-hybridized carbons (Fsp3) is 0.467. The monoisotopic (exact) mass is 262 g/mol. The second-order valence-corrected chi connectivity index (χ2v) is 5.07. The summed E-state index contributed by atoms with van der Waals surface area (Å²) in [6.07, 6.45) is 1.71. The van der Waals surface area contributed by atoms with Gasteiger partial charge < -0.3 is 14.2 Å². The summed E-state index contributed by atoms with van der Waals surface area (Å²) in [5, 5.41) is 3.49. The van der Waals surface area contributed by atoms with Gasteiger partial charge in [0, 0.05) is 6.54 Å². The third-order valence-corrected chi connectivity index (χ3v) is 3.30. The minimum atomic E-state index is 0.186. The van der Waals surface area contributed by atoms with E-state index in [0.29, 0.717) is 0 Å². The van der Waals surface area contributed by atoms with Crippen molar-refractivity contribution in [2.75, 3.05) is 20.6 Å². The minimum absolute atomic E-state index is 0.186. The molecule has 0 aliphatic carbocycles. The van der Waals surface area contributed by atoms with E-state index < -0.39 is 0 Å². The van der Waals surface area contributed by atoms with E-state index in [9.17, 15) is 0 Å². The maximum Gasteiger partial charge on any atom is 0.122 e. The molecule has 0 aliphatic rings. The van der Waals surface area contributed by atoms with Crippen LogP contribution in [0, 0.1) is 6.92 Å². The largest absolute Gasteiger partial charge is 0.468 e. The van der Waals surface area contributed by atoms with Crippen molar-refractivity contribution in [2.45, 2.75) is 25.9 Å². The first kappa shape index (κ1) is 13.9. The highest BCUT2D eigenvalue weighted by Crippen LogP contribution is 2.20. The summed E-state index contributed by atoms with van der Waals surface area (Å²) < 4.78 is 11.1. The van der Waals surface area contributed by atoms with Gasteiger partial charge in [0.25, 0.3) is 0 Å². The van der Waals surface area contributed by atoms with Gasteiger partial charge in [0.05, 0.1) is 18.3 Å². The quantitative estimate of drug-likeness (QED) is 0.868. The van der Waals surface area contributed by atoms with Gasteiger partial charge in [0.15, 0.2) is 0 Å². The molecule has 0 fully saturated rings. The molecule has 2 heterocycles. The van der Waals surface area contributed by atoms with Gasteiger partial charge in [0.2, 0.25) is 0 Å². The molecule has 4 nitrogen and oxygen atoms in total. The van der Waals surface area contributed by atoms with Crippen molar-refractivity contribution in [3.8, 4) is 0 Å². The van der Waals surface area contributed by atoms with Gasteiger partial charge in [-0.2, -0.15) is 0 Å². The summed E-state index contributed by atoms with van der Waals surface area (Å²) in [6, 6.07) is 8.34. The number of furan rings is 2. The topological polar surface area (TPSA) is 41.6 Å². The molecule has 2 aromatic rings. The smallest absolute Gasteiger partial charge is 0.122 e. The molecule has 0 radical (unpaired) electrons. The number of hydrogen-bond acceptors (Lipinski definition) is 4. The molecule has 2 atom stereocenters. The molecule has 4 heteroatoms. The minimum Gasteiger partial charge on any atom is -0.468 e. The number of rotatable bonds is 6. The summed E-state index contributed by atoms with van der Waals surface area (Å²) in [5.41, 5.74) is 0. The van der Waals surface area contributed by atoms with Gasteiger partial charge in [-0.3, -0.25) is 4.90 Å². The second-order valence-electron chi connectivity index (χ2n) is 5.07. The van der Waals surface area contributed by atoms with Crippen LogP contribution in [-0.4, -0.2) is 25.5 Å². The molecule has 19 heavy (non-hydrogen) atoms. The predicted octanol–water partition coefficient (Wildman–Crippen LogP) is 3.13. The first-order valence-corrected chi connectivity index (χ1v) is 6.57. The lowest BCUT2D eigenvalue weighted by atomic mass is 10.2. The molecule has 0 aromatic carbocycles. The zero-order valence-electron chi connectivity index (χ0n) is 12.0. The van der Waals surface area contributed by atoms with Gasteiger partial charge in [0.1, 0.15) is 17.3 Å². The molecule has 0 aliphatic heterocycles. The van der Waals surface area contributed by atoms with Gasteiger partial charge in [-0.1, -0.05) is 0 Å². The predicted molar refractivity (Wildman–Crippen MR) is 75.0 cm³/mol. The Morgan fingerprint density at radius 3 is 2.53 bits per heavy atom. The number of hydrogen-bond donors (Lipinski definition) is 1. The van der Waals surface area contributed by atoms with Crippen LogP contribution < -0.4 is 5.32 Å². The summed E-state index contributed by atoms with van der Waals surface area (Å²) in [7, 11) is 4.10. The van der Waals surface area contributed by atoms with Crippen molar-refractivity contribution in [1.29, 1.82) is 0 Å². The lowest BCUT2D eigenvalue weighted by Crippen LogP contribution is -2.32. The fourth-order valence-electron chi connectivity index (χ4n) is 2.09. The van der Waals surface area contributed by atoms with Crippen LogP contribution >= 0.6 is 0 Å². The lowest BCUT2D eigenvalue weighted by molar-refractivity contribution is 0.241. The van der Waals surface area contributed by atoms with Gasteiger partial charge in [-0.05, 0) is 52.2 Å². The van der Waals surface area contributed by atoms with Crippen LogP contribution in [0.4, 0.5) is 0 Å². The number of aryl methyl sites for hydroxylation is 1. The Hall–Kier alpha value is -1.52. The van der Waals surface area contributed by atoms with E-state index in [2.05, 4.69) is 31.2 Å². The number of likely N-dealkylation sites (N-methyl/N-ethyl adjacent to an activating group) is 1. The molecule has 2 aromatic heterocycles. The Morgan fingerprint density at radius 2 is 2.00 bits per heavy atom. The van der Waals surface area contributed by atoms with Crippen LogP contribution in [-0.2, 0) is 0 Å². The van der Waals surface area contributed by atoms with E-state index in [1.807, 2.05) is 31.2 Å². The van der Waals surface area contributed by atoms with Crippen molar-refractivity contribution < 1.29 is 8.83 Å². The highest BCUT2D eigenvalue weighted by molar-refractivity contribution is 5.10. The maximum absolute atomic E-state index is 5.63. The third kappa shape index (κ3) is 3.49. The molecule has 0 spiro atoms. The standard InChI is InChI=1S/C15H22N2O2/c1-11-7-8-14(19-11)12(2)16-10-13(17(3)4)15-6-5-9-18-15/h5-9,12-13,16H,10H2,1-4H3. The molecular weight excluding hydrogens is 240 g/mol. The molecule has 1 N–H and O–H groups in total. The first-order valence-electron chi connectivity index (χ1n) is 6.57. The Kier molecular flexibility index (Phi) is 4.45. The van der Waals surface area contributed by atoms with Crippen LogP contribution in [0.1, 0.15) is 36.3 Å². The van der Waals surface area contributed by atoms with Crippen molar-refractivity contribution in [3.63, 3.8) is 0 Å². The van der Waals surface area contributed by atoms with Crippen molar-refractivity contribution in [2.24, 2.45) is 0 Å². The SMILES string of the molecule is Cc1ccc(C(C)NCC(c2ccco2)N(C)C)o1. The highest BCUT2D eigenvalue weighted by atomic mass is 16.3. The molecule has 2 rings (SSSR count). The fourth-order valence-corrected chi connectivity index (χ4v) is 2.09. The molecule has 2 unspecified atom stereocenters. The number of nitrogens with one attached hydrogen (secondary N) is 1. The number of nitrogens with zero attached hydrogens (tertiary/aromatic N) is 1. The zero-order valence-corrected chi connectivity index (χ0v) is 12.0. The van der Waals surface area contributed by atoms with Crippen LogP contribution in [0.3, 0.4) is 0 Å². The normalized spacial score (nSPS) is 14.8. The van der Waals surface area contributed by atoms with E-state index in [1.165, 1.54) is 0 Å². The average Bonchev–Trinajstić information content (AvgIpc) is 3.00. The van der Waals surface area contributed by atoms with Gasteiger partial charge in [-0.15, -0.1) is 0 Å². The Morgan fingerprint density at radius 1 is 1.21 bits per heavy atom. The van der Waals surface area contributed by atoms with Crippen molar-refractivity contribution in [3.05, 3.63) is 47.8 Å². The molecule has 104 valence electrons. The maximum atomic E-state index is 5.63. The molecule has 0 bridgehead atoms.